The zero-order valence-corrected chi connectivity index (χ0v) is 19.6. The maximum Gasteiger partial charge on any atom is 0.191 e. The zero-order valence-electron chi connectivity index (χ0n) is 17.2. The number of hydrogen-bond donors (Lipinski definition) is 2. The van der Waals surface area contributed by atoms with Crippen LogP contribution in [0.4, 0.5) is 0 Å². The van der Waals surface area contributed by atoms with Crippen LogP contribution in [-0.2, 0) is 0 Å². The van der Waals surface area contributed by atoms with Gasteiger partial charge in [0, 0.05) is 19.6 Å². The van der Waals surface area contributed by atoms with Crippen molar-refractivity contribution in [1.82, 2.24) is 20.4 Å². The second-order valence-corrected chi connectivity index (χ2v) is 7.08. The van der Waals surface area contributed by atoms with Gasteiger partial charge in [-0.15, -0.1) is 24.0 Å². The predicted molar refractivity (Wildman–Crippen MR) is 124 cm³/mol. The first kappa shape index (κ1) is 24.2. The van der Waals surface area contributed by atoms with Crippen molar-refractivity contribution in [2.75, 3.05) is 52.9 Å². The van der Waals surface area contributed by atoms with E-state index >= 15 is 0 Å². The van der Waals surface area contributed by atoms with Crippen LogP contribution in [0.3, 0.4) is 0 Å². The van der Waals surface area contributed by atoms with E-state index in [0.717, 1.165) is 51.0 Å². The Morgan fingerprint density at radius 3 is 2.67 bits per heavy atom. The third-order valence-electron chi connectivity index (χ3n) is 4.90. The molecule has 7 heteroatoms. The molecule has 6 nitrogen and oxygen atoms in total. The predicted octanol–water partition coefficient (Wildman–Crippen LogP) is 3.32. The van der Waals surface area contributed by atoms with Crippen molar-refractivity contribution < 1.29 is 4.42 Å². The standard InChI is InChI=1S/C20H37N5O.HI/c1-4-6-12-24(3)15-11-22-20(21-5-2)23-17-18(19-10-9-16-26-19)25-13-7-8-14-25;/h9-10,16,18H,4-8,11-15,17H2,1-3H3,(H2,21,22,23);1H. The summed E-state index contributed by atoms with van der Waals surface area (Å²) in [6, 6.07) is 4.27. The van der Waals surface area contributed by atoms with Crippen LogP contribution in [0.15, 0.2) is 27.8 Å². The first-order valence-corrected chi connectivity index (χ1v) is 10.2. The van der Waals surface area contributed by atoms with Gasteiger partial charge in [0.25, 0.3) is 0 Å². The Labute approximate surface area is 182 Å². The van der Waals surface area contributed by atoms with Gasteiger partial charge in [-0.25, -0.2) is 0 Å². The third kappa shape index (κ3) is 8.83. The summed E-state index contributed by atoms with van der Waals surface area (Å²) in [6.45, 7) is 11.3. The highest BCUT2D eigenvalue weighted by molar-refractivity contribution is 14.0. The van der Waals surface area contributed by atoms with E-state index in [9.17, 15) is 0 Å². The Morgan fingerprint density at radius 2 is 2.04 bits per heavy atom. The molecular weight excluding hydrogens is 453 g/mol. The Kier molecular flexibility index (Phi) is 12.8. The highest BCUT2D eigenvalue weighted by atomic mass is 127. The van der Waals surface area contributed by atoms with Gasteiger partial charge in [0.15, 0.2) is 5.96 Å². The fourth-order valence-corrected chi connectivity index (χ4v) is 3.34. The molecular formula is C20H38IN5O. The smallest absolute Gasteiger partial charge is 0.191 e. The van der Waals surface area contributed by atoms with E-state index in [1.54, 1.807) is 6.26 Å². The van der Waals surface area contributed by atoms with Crippen molar-refractivity contribution >= 4 is 29.9 Å². The van der Waals surface area contributed by atoms with Gasteiger partial charge in [-0.3, -0.25) is 9.89 Å². The van der Waals surface area contributed by atoms with Crippen molar-refractivity contribution in [2.45, 2.75) is 45.6 Å². The lowest BCUT2D eigenvalue weighted by atomic mass is 10.2. The molecule has 1 atom stereocenters. The minimum Gasteiger partial charge on any atom is -0.468 e. The molecule has 1 fully saturated rings. The van der Waals surface area contributed by atoms with Crippen molar-refractivity contribution in [3.8, 4) is 0 Å². The lowest BCUT2D eigenvalue weighted by Gasteiger charge is -2.25. The molecule has 2 rings (SSSR count). The van der Waals surface area contributed by atoms with Gasteiger partial charge < -0.3 is 20.0 Å². The van der Waals surface area contributed by atoms with Crippen molar-refractivity contribution in [3.05, 3.63) is 24.2 Å². The fourth-order valence-electron chi connectivity index (χ4n) is 3.34. The second kappa shape index (κ2) is 14.2. The number of unbranched alkanes of at least 4 members (excludes halogenated alkanes) is 1. The highest BCUT2D eigenvalue weighted by Crippen LogP contribution is 2.25. The van der Waals surface area contributed by atoms with Crippen molar-refractivity contribution in [2.24, 2.45) is 4.99 Å². The largest absolute Gasteiger partial charge is 0.468 e. The van der Waals surface area contributed by atoms with Crippen LogP contribution >= 0.6 is 24.0 Å². The number of rotatable bonds is 11. The van der Waals surface area contributed by atoms with E-state index in [4.69, 9.17) is 9.41 Å². The van der Waals surface area contributed by atoms with Crippen LogP contribution in [0.1, 0.15) is 51.3 Å². The van der Waals surface area contributed by atoms with E-state index in [2.05, 4.69) is 47.4 Å². The number of hydrogen-bond acceptors (Lipinski definition) is 4. The van der Waals surface area contributed by atoms with Crippen LogP contribution in [0.25, 0.3) is 0 Å². The molecule has 2 heterocycles. The molecule has 156 valence electrons. The maximum absolute atomic E-state index is 5.69. The summed E-state index contributed by atoms with van der Waals surface area (Å²) in [7, 11) is 2.18. The van der Waals surface area contributed by atoms with Gasteiger partial charge in [0.05, 0.1) is 18.8 Å². The lowest BCUT2D eigenvalue weighted by Crippen LogP contribution is -2.41. The van der Waals surface area contributed by atoms with Gasteiger partial charge in [-0.1, -0.05) is 13.3 Å². The SMILES string of the molecule is CCCCN(C)CCNC(=NCC(c1ccco1)N1CCCC1)NCC.I. The number of nitrogens with one attached hydrogen (secondary N) is 2. The molecule has 1 aromatic rings. The average molecular weight is 491 g/mol. The topological polar surface area (TPSA) is 56.0 Å². The molecule has 1 aliphatic rings. The Bertz CT molecular complexity index is 502. The zero-order chi connectivity index (χ0) is 18.6. The summed E-state index contributed by atoms with van der Waals surface area (Å²) in [6.07, 6.45) is 6.79. The molecule has 0 aromatic carbocycles. The highest BCUT2D eigenvalue weighted by Gasteiger charge is 2.25. The van der Waals surface area contributed by atoms with Crippen LogP contribution in [0, 0.1) is 0 Å². The fraction of sp³-hybridized carbons (Fsp3) is 0.750. The third-order valence-corrected chi connectivity index (χ3v) is 4.90. The summed E-state index contributed by atoms with van der Waals surface area (Å²) in [5, 5.41) is 6.83. The molecule has 0 radical (unpaired) electrons. The monoisotopic (exact) mass is 491 g/mol. The Balaban J connectivity index is 0.00000364. The molecule has 1 saturated heterocycles. The van der Waals surface area contributed by atoms with Gasteiger partial charge in [0.1, 0.15) is 5.76 Å². The maximum atomic E-state index is 5.69. The van der Waals surface area contributed by atoms with Gasteiger partial charge in [-0.05, 0) is 65.0 Å². The first-order valence-electron chi connectivity index (χ1n) is 10.2. The summed E-state index contributed by atoms with van der Waals surface area (Å²) in [4.78, 5) is 9.71. The summed E-state index contributed by atoms with van der Waals surface area (Å²) in [5.41, 5.74) is 0. The molecule has 27 heavy (non-hydrogen) atoms. The minimum atomic E-state index is 0. The molecule has 1 unspecified atom stereocenters. The lowest BCUT2D eigenvalue weighted by molar-refractivity contribution is 0.221. The summed E-state index contributed by atoms with van der Waals surface area (Å²) < 4.78 is 5.69. The van der Waals surface area contributed by atoms with E-state index in [1.807, 2.05) is 6.07 Å². The number of likely N-dealkylation sites (tertiary alicyclic amines) is 1. The van der Waals surface area contributed by atoms with E-state index in [-0.39, 0.29) is 30.0 Å². The Hall–Kier alpha value is -0.800. The van der Waals surface area contributed by atoms with Gasteiger partial charge in [0.2, 0.25) is 0 Å². The number of nitrogens with zero attached hydrogens (tertiary/aromatic N) is 3. The van der Waals surface area contributed by atoms with Crippen LogP contribution < -0.4 is 10.6 Å². The molecule has 0 aliphatic carbocycles. The molecule has 0 amide bonds. The number of likely N-dealkylation sites (N-methyl/N-ethyl adjacent to an activating group) is 1. The molecule has 0 bridgehead atoms. The Morgan fingerprint density at radius 1 is 1.26 bits per heavy atom. The molecule has 1 aromatic heterocycles. The second-order valence-electron chi connectivity index (χ2n) is 7.08. The number of guanidine groups is 1. The number of furan rings is 1. The molecule has 2 N–H and O–H groups in total. The number of aliphatic imine (C=N–C) groups is 1. The number of halogens is 1. The quantitative estimate of drug-likeness (QED) is 0.283. The van der Waals surface area contributed by atoms with Gasteiger partial charge in [-0.2, -0.15) is 0 Å². The molecule has 0 saturated carbocycles. The van der Waals surface area contributed by atoms with Crippen LogP contribution in [0.5, 0.6) is 0 Å². The average Bonchev–Trinajstić information content (AvgIpc) is 3.34. The van der Waals surface area contributed by atoms with Crippen LogP contribution in [-0.4, -0.2) is 68.6 Å². The molecule has 0 spiro atoms. The summed E-state index contributed by atoms with van der Waals surface area (Å²) >= 11 is 0. The van der Waals surface area contributed by atoms with Crippen LogP contribution in [0.2, 0.25) is 0 Å². The van der Waals surface area contributed by atoms with E-state index in [0.29, 0.717) is 6.54 Å². The summed E-state index contributed by atoms with van der Waals surface area (Å²) in [5.74, 6) is 1.91. The normalized spacial score (nSPS) is 16.4. The van der Waals surface area contributed by atoms with Crippen molar-refractivity contribution in [3.63, 3.8) is 0 Å². The first-order chi connectivity index (χ1) is 12.7. The van der Waals surface area contributed by atoms with E-state index < -0.39 is 0 Å². The minimum absolute atomic E-state index is 0. The van der Waals surface area contributed by atoms with Gasteiger partial charge >= 0.3 is 0 Å². The van der Waals surface area contributed by atoms with E-state index in [1.165, 1.54) is 25.7 Å². The van der Waals surface area contributed by atoms with Crippen molar-refractivity contribution in [1.29, 1.82) is 0 Å². The molecule has 1 aliphatic heterocycles.